The monoisotopic (exact) mass is 366 g/mol. The highest BCUT2D eigenvalue weighted by molar-refractivity contribution is 5.91. The molecule has 0 spiro atoms. The summed E-state index contributed by atoms with van der Waals surface area (Å²) in [5, 5.41) is 2.44. The van der Waals surface area contributed by atoms with E-state index in [-0.39, 0.29) is 6.61 Å². The number of carbonyl (C=O) groups is 3. The van der Waals surface area contributed by atoms with Crippen LogP contribution in [0.25, 0.3) is 0 Å². The fourth-order valence-corrected chi connectivity index (χ4v) is 1.99. The predicted octanol–water partition coefficient (Wildman–Crippen LogP) is 2.01. The minimum absolute atomic E-state index is 0.0822. The van der Waals surface area contributed by atoms with Crippen LogP contribution in [-0.2, 0) is 14.3 Å². The van der Waals surface area contributed by atoms with Gasteiger partial charge in [-0.15, -0.1) is 0 Å². The van der Waals surface area contributed by atoms with Crippen molar-refractivity contribution in [3.05, 3.63) is 23.8 Å². The van der Waals surface area contributed by atoms with Gasteiger partial charge in [0.2, 0.25) is 0 Å². The van der Waals surface area contributed by atoms with Gasteiger partial charge in [-0.25, -0.2) is 9.59 Å². The predicted molar refractivity (Wildman–Crippen MR) is 96.8 cm³/mol. The molecule has 0 saturated heterocycles. The van der Waals surface area contributed by atoms with E-state index in [2.05, 4.69) is 5.32 Å². The second kappa shape index (κ2) is 9.07. The van der Waals surface area contributed by atoms with Crippen molar-refractivity contribution in [3.63, 3.8) is 0 Å². The highest BCUT2D eigenvalue weighted by Gasteiger charge is 2.20. The zero-order valence-electron chi connectivity index (χ0n) is 16.0. The van der Waals surface area contributed by atoms with Crippen LogP contribution in [0.5, 0.6) is 5.75 Å². The lowest BCUT2D eigenvalue weighted by atomic mass is 10.1. The molecule has 0 fully saturated rings. The summed E-state index contributed by atoms with van der Waals surface area (Å²) >= 11 is 0. The zero-order chi connectivity index (χ0) is 19.9. The Morgan fingerprint density at radius 3 is 2.42 bits per heavy atom. The van der Waals surface area contributed by atoms with E-state index in [0.717, 1.165) is 0 Å². The molecule has 1 atom stereocenters. The van der Waals surface area contributed by atoms with E-state index >= 15 is 0 Å². The van der Waals surface area contributed by atoms with Gasteiger partial charge in [0, 0.05) is 14.1 Å². The third-order valence-corrected chi connectivity index (χ3v) is 3.15. The summed E-state index contributed by atoms with van der Waals surface area (Å²) < 4.78 is 15.5. The topological polar surface area (TPSA) is 94.2 Å². The molecule has 1 rings (SSSR count). The van der Waals surface area contributed by atoms with Gasteiger partial charge in [-0.05, 0) is 39.0 Å². The van der Waals surface area contributed by atoms with Gasteiger partial charge in [0.15, 0.2) is 0 Å². The minimum atomic E-state index is -0.875. The van der Waals surface area contributed by atoms with Crippen molar-refractivity contribution < 1.29 is 28.6 Å². The van der Waals surface area contributed by atoms with Crippen LogP contribution >= 0.6 is 0 Å². The Kier molecular flexibility index (Phi) is 7.42. The molecular weight excluding hydrogens is 340 g/mol. The Labute approximate surface area is 153 Å². The largest absolute Gasteiger partial charge is 0.489 e. The average molecular weight is 366 g/mol. The van der Waals surface area contributed by atoms with Crippen LogP contribution in [0.3, 0.4) is 0 Å². The Morgan fingerprint density at radius 2 is 1.92 bits per heavy atom. The number of aldehydes is 1. The van der Waals surface area contributed by atoms with E-state index in [4.69, 9.17) is 14.2 Å². The second-order valence-electron chi connectivity index (χ2n) is 6.77. The molecular formula is C18H26N2O6. The molecule has 144 valence electrons. The average Bonchev–Trinajstić information content (AvgIpc) is 2.55. The summed E-state index contributed by atoms with van der Waals surface area (Å²) in [4.78, 5) is 36.4. The maximum atomic E-state index is 11.8. The van der Waals surface area contributed by atoms with Crippen molar-refractivity contribution in [2.24, 2.45) is 0 Å². The van der Waals surface area contributed by atoms with Crippen molar-refractivity contribution in [2.45, 2.75) is 32.4 Å². The van der Waals surface area contributed by atoms with E-state index < -0.39 is 23.7 Å². The van der Waals surface area contributed by atoms with Gasteiger partial charge in [0.25, 0.3) is 0 Å². The number of esters is 1. The molecule has 26 heavy (non-hydrogen) atoms. The Bertz CT molecular complexity index is 652. The molecule has 1 amide bonds. The minimum Gasteiger partial charge on any atom is -0.489 e. The lowest BCUT2D eigenvalue weighted by Crippen LogP contribution is -2.43. The number of amides is 1. The van der Waals surface area contributed by atoms with Gasteiger partial charge in [-0.2, -0.15) is 0 Å². The Balaban J connectivity index is 2.82. The lowest BCUT2D eigenvalue weighted by molar-refractivity contribution is -0.110. The van der Waals surface area contributed by atoms with E-state index in [0.29, 0.717) is 23.3 Å². The number of nitrogens with one attached hydrogen (secondary N) is 1. The van der Waals surface area contributed by atoms with Gasteiger partial charge < -0.3 is 29.2 Å². The molecule has 1 aromatic carbocycles. The van der Waals surface area contributed by atoms with Crippen LogP contribution < -0.4 is 15.0 Å². The summed E-state index contributed by atoms with van der Waals surface area (Å²) in [6.07, 6.45) is -0.130. The van der Waals surface area contributed by atoms with Crippen LogP contribution in [-0.4, -0.2) is 57.8 Å². The number of alkyl carbamates (subject to hydrolysis) is 1. The summed E-state index contributed by atoms with van der Waals surface area (Å²) in [6.45, 7) is 5.10. The fraction of sp³-hybridized carbons (Fsp3) is 0.500. The van der Waals surface area contributed by atoms with Crippen molar-refractivity contribution in [3.8, 4) is 5.75 Å². The van der Waals surface area contributed by atoms with Gasteiger partial charge in [0.1, 0.15) is 30.3 Å². The zero-order valence-corrected chi connectivity index (χ0v) is 16.0. The van der Waals surface area contributed by atoms with Crippen molar-refractivity contribution in [2.75, 3.05) is 32.7 Å². The van der Waals surface area contributed by atoms with Crippen LogP contribution in [0.1, 0.15) is 31.1 Å². The SMILES string of the molecule is COC(=O)c1ccc(OC[C@@H](C=O)NC(=O)OC(C)(C)C)c(N(C)C)c1. The van der Waals surface area contributed by atoms with Gasteiger partial charge in [-0.1, -0.05) is 0 Å². The molecule has 1 aromatic rings. The first-order valence-corrected chi connectivity index (χ1v) is 8.04. The van der Waals surface area contributed by atoms with Crippen LogP contribution in [0.2, 0.25) is 0 Å². The summed E-state index contributed by atoms with van der Waals surface area (Å²) in [5.74, 6) is -0.00231. The highest BCUT2D eigenvalue weighted by Crippen LogP contribution is 2.28. The molecule has 1 N–H and O–H groups in total. The third-order valence-electron chi connectivity index (χ3n) is 3.15. The van der Waals surface area contributed by atoms with E-state index in [1.807, 2.05) is 0 Å². The quantitative estimate of drug-likeness (QED) is 0.583. The first-order valence-electron chi connectivity index (χ1n) is 8.04. The molecule has 0 aliphatic carbocycles. The maximum Gasteiger partial charge on any atom is 0.408 e. The van der Waals surface area contributed by atoms with Gasteiger partial charge >= 0.3 is 12.1 Å². The molecule has 8 heteroatoms. The van der Waals surface area contributed by atoms with E-state index in [1.54, 1.807) is 58.0 Å². The lowest BCUT2D eigenvalue weighted by Gasteiger charge is -2.22. The molecule has 0 unspecified atom stereocenters. The number of nitrogens with zero attached hydrogens (tertiary/aromatic N) is 1. The molecule has 0 saturated carbocycles. The number of ether oxygens (including phenoxy) is 3. The molecule has 0 aromatic heterocycles. The van der Waals surface area contributed by atoms with Gasteiger partial charge in [-0.3, -0.25) is 0 Å². The number of hydrogen-bond donors (Lipinski definition) is 1. The first-order chi connectivity index (χ1) is 12.1. The Hall–Kier alpha value is -2.77. The summed E-state index contributed by atoms with van der Waals surface area (Å²) in [7, 11) is 4.89. The summed E-state index contributed by atoms with van der Waals surface area (Å²) in [5.41, 5.74) is 0.345. The molecule has 0 heterocycles. The highest BCUT2D eigenvalue weighted by atomic mass is 16.6. The van der Waals surface area contributed by atoms with Crippen molar-refractivity contribution in [1.82, 2.24) is 5.32 Å². The van der Waals surface area contributed by atoms with Crippen molar-refractivity contribution in [1.29, 1.82) is 0 Å². The van der Waals surface area contributed by atoms with Crippen molar-refractivity contribution >= 4 is 24.0 Å². The first kappa shape index (κ1) is 21.3. The number of benzene rings is 1. The number of anilines is 1. The third kappa shape index (κ3) is 6.62. The number of hydrogen-bond acceptors (Lipinski definition) is 7. The smallest absolute Gasteiger partial charge is 0.408 e. The van der Waals surface area contributed by atoms with Crippen LogP contribution in [0, 0.1) is 0 Å². The maximum absolute atomic E-state index is 11.8. The second-order valence-corrected chi connectivity index (χ2v) is 6.77. The normalized spacial score (nSPS) is 11.9. The van der Waals surface area contributed by atoms with E-state index in [9.17, 15) is 14.4 Å². The number of carbonyl (C=O) groups excluding carboxylic acids is 3. The molecule has 0 bridgehead atoms. The van der Waals surface area contributed by atoms with Crippen LogP contribution in [0.15, 0.2) is 18.2 Å². The van der Waals surface area contributed by atoms with Gasteiger partial charge in [0.05, 0.1) is 18.4 Å². The summed E-state index contributed by atoms with van der Waals surface area (Å²) in [6, 6.07) is 3.92. The molecule has 0 aliphatic heterocycles. The molecule has 0 radical (unpaired) electrons. The number of methoxy groups -OCH3 is 1. The van der Waals surface area contributed by atoms with E-state index in [1.165, 1.54) is 7.11 Å². The fourth-order valence-electron chi connectivity index (χ4n) is 1.99. The Morgan fingerprint density at radius 1 is 1.27 bits per heavy atom. The molecule has 8 nitrogen and oxygen atoms in total. The molecule has 0 aliphatic rings. The van der Waals surface area contributed by atoms with Crippen LogP contribution in [0.4, 0.5) is 10.5 Å². The number of rotatable bonds is 7. The standard InChI is InChI=1S/C18H26N2O6/c1-18(2,3)26-17(23)19-13(10-21)11-25-15-8-7-12(16(22)24-6)9-14(15)20(4)5/h7-10,13H,11H2,1-6H3,(H,19,23)/t13-/m1/s1.